The molecule has 0 bridgehead atoms. The summed E-state index contributed by atoms with van der Waals surface area (Å²) in [6.07, 6.45) is 1.07. The average Bonchev–Trinajstić information content (AvgIpc) is 2.52. The highest BCUT2D eigenvalue weighted by Crippen LogP contribution is 2.21. The van der Waals surface area contributed by atoms with Crippen LogP contribution in [0, 0.1) is 0 Å². The van der Waals surface area contributed by atoms with Gasteiger partial charge in [0.25, 0.3) is 0 Å². The van der Waals surface area contributed by atoms with Gasteiger partial charge in [0.2, 0.25) is 0 Å². The molecule has 2 atom stereocenters. The smallest absolute Gasteiger partial charge is 0.133 e. The molecule has 5 heteroatoms. The van der Waals surface area contributed by atoms with Crippen molar-refractivity contribution in [2.24, 2.45) is 0 Å². The summed E-state index contributed by atoms with van der Waals surface area (Å²) in [6.45, 7) is 2.42. The second kappa shape index (κ2) is 7.41. The fourth-order valence-electron chi connectivity index (χ4n) is 2.06. The first kappa shape index (κ1) is 15.8. The Morgan fingerprint density at radius 1 is 1.29 bits per heavy atom. The zero-order valence-electron chi connectivity index (χ0n) is 12.1. The van der Waals surface area contributed by atoms with Crippen molar-refractivity contribution in [2.45, 2.75) is 19.1 Å². The number of hydrogen-bond acceptors (Lipinski definition) is 4. The van der Waals surface area contributed by atoms with Crippen LogP contribution in [0.1, 0.15) is 30.2 Å². The van der Waals surface area contributed by atoms with E-state index in [0.29, 0.717) is 11.7 Å². The van der Waals surface area contributed by atoms with Gasteiger partial charge in [-0.3, -0.25) is 0 Å². The molecule has 0 aliphatic rings. The lowest BCUT2D eigenvalue weighted by Crippen LogP contribution is -2.25. The van der Waals surface area contributed by atoms with Crippen molar-refractivity contribution in [3.8, 4) is 5.75 Å². The Morgan fingerprint density at radius 2 is 2.00 bits per heavy atom. The molecule has 1 heterocycles. The Bertz CT molecular complexity index is 575. The summed E-state index contributed by atoms with van der Waals surface area (Å²) < 4.78 is 5.10. The SMILES string of the molecule is COc1ccc(C(O)CNC(C)c2cccnc2Cl)cc1. The first-order chi connectivity index (χ1) is 10.1. The van der Waals surface area contributed by atoms with Gasteiger partial charge in [-0.15, -0.1) is 0 Å². The van der Waals surface area contributed by atoms with Crippen LogP contribution >= 0.6 is 11.6 Å². The predicted molar refractivity (Wildman–Crippen MR) is 83.6 cm³/mol. The van der Waals surface area contributed by atoms with E-state index in [1.165, 1.54) is 0 Å². The van der Waals surface area contributed by atoms with Crippen LogP contribution in [0.15, 0.2) is 42.6 Å². The normalized spacial score (nSPS) is 13.7. The summed E-state index contributed by atoms with van der Waals surface area (Å²) in [6, 6.07) is 11.2. The molecule has 0 radical (unpaired) electrons. The third-order valence-corrected chi connectivity index (χ3v) is 3.69. The molecule has 2 unspecified atom stereocenters. The molecule has 2 rings (SSSR count). The fraction of sp³-hybridized carbons (Fsp3) is 0.312. The lowest BCUT2D eigenvalue weighted by molar-refractivity contribution is 0.170. The average molecular weight is 307 g/mol. The number of rotatable bonds is 6. The largest absolute Gasteiger partial charge is 0.497 e. The summed E-state index contributed by atoms with van der Waals surface area (Å²) in [5.74, 6) is 0.773. The Kier molecular flexibility index (Phi) is 5.56. The molecular formula is C16H19ClN2O2. The molecule has 0 saturated carbocycles. The van der Waals surface area contributed by atoms with Crippen LogP contribution in [0.2, 0.25) is 5.15 Å². The Balaban J connectivity index is 1.94. The van der Waals surface area contributed by atoms with Crippen LogP contribution in [0.4, 0.5) is 0 Å². The minimum absolute atomic E-state index is 0.0131. The minimum Gasteiger partial charge on any atom is -0.497 e. The van der Waals surface area contributed by atoms with Gasteiger partial charge in [0, 0.05) is 24.3 Å². The fourth-order valence-corrected chi connectivity index (χ4v) is 2.35. The van der Waals surface area contributed by atoms with E-state index in [4.69, 9.17) is 16.3 Å². The molecule has 0 spiro atoms. The van der Waals surface area contributed by atoms with Crippen LogP contribution in [0.5, 0.6) is 5.75 Å². The molecule has 0 aliphatic carbocycles. The van der Waals surface area contributed by atoms with E-state index in [1.54, 1.807) is 13.3 Å². The second-order valence-corrected chi connectivity index (χ2v) is 5.16. The Labute approximate surface area is 129 Å². The highest BCUT2D eigenvalue weighted by molar-refractivity contribution is 6.30. The molecule has 0 saturated heterocycles. The molecule has 1 aromatic heterocycles. The van der Waals surface area contributed by atoms with Crippen molar-refractivity contribution < 1.29 is 9.84 Å². The summed E-state index contributed by atoms with van der Waals surface area (Å²) in [7, 11) is 1.62. The van der Waals surface area contributed by atoms with Crippen LogP contribution in [-0.4, -0.2) is 23.7 Å². The third-order valence-electron chi connectivity index (χ3n) is 3.37. The van der Waals surface area contributed by atoms with E-state index in [1.807, 2.05) is 43.3 Å². The summed E-state index contributed by atoms with van der Waals surface area (Å²) in [5.41, 5.74) is 1.76. The van der Waals surface area contributed by atoms with E-state index < -0.39 is 6.10 Å². The lowest BCUT2D eigenvalue weighted by Gasteiger charge is -2.18. The van der Waals surface area contributed by atoms with Crippen LogP contribution in [-0.2, 0) is 0 Å². The topological polar surface area (TPSA) is 54.4 Å². The molecular weight excluding hydrogens is 288 g/mol. The predicted octanol–water partition coefficient (Wildman–Crippen LogP) is 3.13. The number of ether oxygens (including phenoxy) is 1. The maximum absolute atomic E-state index is 10.2. The number of pyridine rings is 1. The van der Waals surface area contributed by atoms with Crippen molar-refractivity contribution in [3.05, 3.63) is 58.9 Å². The number of nitrogens with zero attached hydrogens (tertiary/aromatic N) is 1. The highest BCUT2D eigenvalue weighted by atomic mass is 35.5. The molecule has 112 valence electrons. The first-order valence-electron chi connectivity index (χ1n) is 6.77. The number of aromatic nitrogens is 1. The van der Waals surface area contributed by atoms with Crippen molar-refractivity contribution in [1.29, 1.82) is 0 Å². The number of nitrogens with one attached hydrogen (secondary N) is 1. The van der Waals surface area contributed by atoms with Crippen molar-refractivity contribution in [2.75, 3.05) is 13.7 Å². The number of aliphatic hydroxyl groups excluding tert-OH is 1. The van der Waals surface area contributed by atoms with Crippen LogP contribution in [0.25, 0.3) is 0 Å². The number of halogens is 1. The van der Waals surface area contributed by atoms with Crippen molar-refractivity contribution in [1.82, 2.24) is 10.3 Å². The lowest BCUT2D eigenvalue weighted by atomic mass is 10.1. The van der Waals surface area contributed by atoms with Gasteiger partial charge >= 0.3 is 0 Å². The van der Waals surface area contributed by atoms with Crippen LogP contribution < -0.4 is 10.1 Å². The van der Waals surface area contributed by atoms with Gasteiger partial charge in [0.1, 0.15) is 10.9 Å². The van der Waals surface area contributed by atoms with E-state index in [9.17, 15) is 5.11 Å². The number of aliphatic hydroxyl groups is 1. The highest BCUT2D eigenvalue weighted by Gasteiger charge is 2.13. The maximum atomic E-state index is 10.2. The van der Waals surface area contributed by atoms with Gasteiger partial charge in [0.15, 0.2) is 0 Å². The maximum Gasteiger partial charge on any atom is 0.133 e. The van der Waals surface area contributed by atoms with Crippen molar-refractivity contribution >= 4 is 11.6 Å². The van der Waals surface area contributed by atoms with Gasteiger partial charge in [0.05, 0.1) is 13.2 Å². The van der Waals surface area contributed by atoms with Crippen LogP contribution in [0.3, 0.4) is 0 Å². The zero-order valence-corrected chi connectivity index (χ0v) is 12.8. The third kappa shape index (κ3) is 4.17. The van der Waals surface area contributed by atoms with E-state index in [2.05, 4.69) is 10.3 Å². The van der Waals surface area contributed by atoms with E-state index in [-0.39, 0.29) is 6.04 Å². The standard InChI is InChI=1S/C16H19ClN2O2/c1-11(14-4-3-9-18-16(14)17)19-10-15(20)12-5-7-13(21-2)8-6-12/h3-9,11,15,19-20H,10H2,1-2H3. The van der Waals surface area contributed by atoms with Gasteiger partial charge in [-0.2, -0.15) is 0 Å². The Morgan fingerprint density at radius 3 is 2.62 bits per heavy atom. The van der Waals surface area contributed by atoms with E-state index >= 15 is 0 Å². The number of hydrogen-bond donors (Lipinski definition) is 2. The molecule has 0 fully saturated rings. The molecule has 4 nitrogen and oxygen atoms in total. The van der Waals surface area contributed by atoms with Crippen molar-refractivity contribution in [3.63, 3.8) is 0 Å². The molecule has 2 N–H and O–H groups in total. The quantitative estimate of drug-likeness (QED) is 0.805. The molecule has 21 heavy (non-hydrogen) atoms. The molecule has 0 aliphatic heterocycles. The minimum atomic E-state index is -0.589. The summed E-state index contributed by atoms with van der Waals surface area (Å²) in [4.78, 5) is 4.05. The monoisotopic (exact) mass is 306 g/mol. The Hall–Kier alpha value is -1.62. The van der Waals surface area contributed by atoms with Gasteiger partial charge in [-0.25, -0.2) is 4.98 Å². The molecule has 1 aromatic carbocycles. The van der Waals surface area contributed by atoms with E-state index in [0.717, 1.165) is 16.9 Å². The zero-order chi connectivity index (χ0) is 15.2. The number of methoxy groups -OCH3 is 1. The summed E-state index contributed by atoms with van der Waals surface area (Å²) in [5, 5.41) is 13.9. The second-order valence-electron chi connectivity index (χ2n) is 4.80. The summed E-state index contributed by atoms with van der Waals surface area (Å²) >= 11 is 6.06. The first-order valence-corrected chi connectivity index (χ1v) is 7.15. The molecule has 0 amide bonds. The van der Waals surface area contributed by atoms with Gasteiger partial charge < -0.3 is 15.2 Å². The molecule has 2 aromatic rings. The number of benzene rings is 1. The van der Waals surface area contributed by atoms with Gasteiger partial charge in [-0.05, 0) is 30.7 Å². The van der Waals surface area contributed by atoms with Gasteiger partial charge in [-0.1, -0.05) is 29.8 Å².